The van der Waals surface area contributed by atoms with Crippen LogP contribution in [0.1, 0.15) is 15.9 Å². The molecule has 2 aromatic carbocycles. The predicted octanol–water partition coefficient (Wildman–Crippen LogP) is 3.68. The Hall–Kier alpha value is -2.20. The highest BCUT2D eigenvalue weighted by Crippen LogP contribution is 2.31. The van der Waals surface area contributed by atoms with Crippen molar-refractivity contribution in [3.8, 4) is 5.75 Å². The highest BCUT2D eigenvalue weighted by atomic mass is 35.5. The summed E-state index contributed by atoms with van der Waals surface area (Å²) in [7, 11) is 3.41. The summed E-state index contributed by atoms with van der Waals surface area (Å²) in [5.74, 6) is -0.243. The number of methoxy groups -OCH3 is 1. The molecule has 21 heavy (non-hydrogen) atoms. The maximum Gasteiger partial charge on any atom is 0.337 e. The zero-order valence-electron chi connectivity index (χ0n) is 11.8. The standard InChI is InChI=1S/C16H16ClNO3/c1-18(10-11-6-3-4-9-14(11)21-2)15-12(16(19)20)7-5-8-13(15)17/h3-9H,10H2,1-2H3,(H,19,20). The molecule has 2 rings (SSSR count). The summed E-state index contributed by atoms with van der Waals surface area (Å²) in [6.07, 6.45) is 0. The Kier molecular flexibility index (Phi) is 4.70. The van der Waals surface area contributed by atoms with Crippen LogP contribution in [-0.2, 0) is 6.54 Å². The van der Waals surface area contributed by atoms with Gasteiger partial charge in [-0.15, -0.1) is 0 Å². The number of hydrogen-bond acceptors (Lipinski definition) is 3. The van der Waals surface area contributed by atoms with E-state index in [0.717, 1.165) is 11.3 Å². The molecule has 0 unspecified atom stereocenters. The Morgan fingerprint density at radius 1 is 1.24 bits per heavy atom. The fourth-order valence-electron chi connectivity index (χ4n) is 2.24. The number of carbonyl (C=O) groups is 1. The number of aromatic carboxylic acids is 1. The van der Waals surface area contributed by atoms with E-state index in [2.05, 4.69) is 0 Å². The predicted molar refractivity (Wildman–Crippen MR) is 83.5 cm³/mol. The molecule has 0 heterocycles. The van der Waals surface area contributed by atoms with E-state index >= 15 is 0 Å². The smallest absolute Gasteiger partial charge is 0.337 e. The first-order chi connectivity index (χ1) is 10.0. The largest absolute Gasteiger partial charge is 0.496 e. The molecule has 2 aromatic rings. The SMILES string of the molecule is COc1ccccc1CN(C)c1c(Cl)cccc1C(=O)O. The van der Waals surface area contributed by atoms with Crippen LogP contribution in [0.25, 0.3) is 0 Å². The molecular weight excluding hydrogens is 290 g/mol. The van der Waals surface area contributed by atoms with Crippen LogP contribution < -0.4 is 9.64 Å². The van der Waals surface area contributed by atoms with E-state index in [1.807, 2.05) is 29.2 Å². The molecular formula is C16H16ClNO3. The summed E-state index contributed by atoms with van der Waals surface area (Å²) in [6.45, 7) is 0.494. The Morgan fingerprint density at radius 2 is 1.95 bits per heavy atom. The van der Waals surface area contributed by atoms with E-state index in [0.29, 0.717) is 17.3 Å². The number of hydrogen-bond donors (Lipinski definition) is 1. The maximum atomic E-state index is 11.3. The lowest BCUT2D eigenvalue weighted by Crippen LogP contribution is -2.20. The molecule has 0 saturated heterocycles. The first-order valence-electron chi connectivity index (χ1n) is 6.39. The van der Waals surface area contributed by atoms with E-state index in [1.165, 1.54) is 0 Å². The van der Waals surface area contributed by atoms with Gasteiger partial charge in [-0.1, -0.05) is 35.9 Å². The summed E-state index contributed by atoms with van der Waals surface area (Å²) >= 11 is 6.17. The lowest BCUT2D eigenvalue weighted by atomic mass is 10.1. The lowest BCUT2D eigenvalue weighted by Gasteiger charge is -2.23. The summed E-state index contributed by atoms with van der Waals surface area (Å²) in [5.41, 5.74) is 1.64. The highest BCUT2D eigenvalue weighted by molar-refractivity contribution is 6.34. The minimum atomic E-state index is -1.00. The Balaban J connectivity index is 2.37. The molecule has 0 amide bonds. The number of nitrogens with zero attached hydrogens (tertiary/aromatic N) is 1. The second-order valence-electron chi connectivity index (χ2n) is 4.61. The highest BCUT2D eigenvalue weighted by Gasteiger charge is 2.17. The van der Waals surface area contributed by atoms with Crippen molar-refractivity contribution in [2.75, 3.05) is 19.1 Å². The van der Waals surface area contributed by atoms with Gasteiger partial charge in [-0.3, -0.25) is 0 Å². The second-order valence-corrected chi connectivity index (χ2v) is 5.02. The summed E-state index contributed by atoms with van der Waals surface area (Å²) in [6, 6.07) is 12.5. The van der Waals surface area contributed by atoms with Crippen LogP contribution in [0.2, 0.25) is 5.02 Å². The lowest BCUT2D eigenvalue weighted by molar-refractivity contribution is 0.0697. The van der Waals surface area contributed by atoms with Crippen molar-refractivity contribution in [3.05, 3.63) is 58.6 Å². The van der Waals surface area contributed by atoms with Crippen molar-refractivity contribution in [2.45, 2.75) is 6.54 Å². The number of carboxylic acid groups (broad SMARTS) is 1. The van der Waals surface area contributed by atoms with Crippen molar-refractivity contribution in [3.63, 3.8) is 0 Å². The molecule has 0 fully saturated rings. The van der Waals surface area contributed by atoms with E-state index in [-0.39, 0.29) is 5.56 Å². The summed E-state index contributed by atoms with van der Waals surface area (Å²) < 4.78 is 5.31. The van der Waals surface area contributed by atoms with Crippen LogP contribution in [0.3, 0.4) is 0 Å². The fourth-order valence-corrected chi connectivity index (χ4v) is 2.56. The fraction of sp³-hybridized carbons (Fsp3) is 0.188. The van der Waals surface area contributed by atoms with E-state index in [1.54, 1.807) is 32.4 Å². The molecule has 0 aromatic heterocycles. The third-order valence-electron chi connectivity index (χ3n) is 3.20. The number of halogens is 1. The van der Waals surface area contributed by atoms with Crippen molar-refractivity contribution < 1.29 is 14.6 Å². The first kappa shape index (κ1) is 15.2. The van der Waals surface area contributed by atoms with Gasteiger partial charge in [0.25, 0.3) is 0 Å². The first-order valence-corrected chi connectivity index (χ1v) is 6.77. The molecule has 5 heteroatoms. The van der Waals surface area contributed by atoms with Crippen LogP contribution >= 0.6 is 11.6 Å². The van der Waals surface area contributed by atoms with Gasteiger partial charge in [0.1, 0.15) is 5.75 Å². The van der Waals surface area contributed by atoms with Crippen LogP contribution in [0.5, 0.6) is 5.75 Å². The number of carboxylic acids is 1. The second kappa shape index (κ2) is 6.50. The number of ether oxygens (including phenoxy) is 1. The number of para-hydroxylation sites is 2. The number of benzene rings is 2. The molecule has 0 saturated carbocycles. The van der Waals surface area contributed by atoms with Gasteiger partial charge in [-0.25, -0.2) is 4.79 Å². The summed E-state index contributed by atoms with van der Waals surface area (Å²) in [5, 5.41) is 9.71. The maximum absolute atomic E-state index is 11.3. The molecule has 0 aliphatic carbocycles. The molecule has 0 aliphatic rings. The molecule has 0 radical (unpaired) electrons. The zero-order chi connectivity index (χ0) is 15.4. The third-order valence-corrected chi connectivity index (χ3v) is 3.50. The van der Waals surface area contributed by atoms with Crippen molar-refractivity contribution >= 4 is 23.3 Å². The topological polar surface area (TPSA) is 49.8 Å². The molecule has 0 spiro atoms. The van der Waals surface area contributed by atoms with Gasteiger partial charge in [-0.05, 0) is 18.2 Å². The summed E-state index contributed by atoms with van der Waals surface area (Å²) in [4.78, 5) is 13.2. The minimum absolute atomic E-state index is 0.180. The monoisotopic (exact) mass is 305 g/mol. The molecule has 0 bridgehead atoms. The Morgan fingerprint density at radius 3 is 2.62 bits per heavy atom. The average Bonchev–Trinajstić information content (AvgIpc) is 2.47. The molecule has 0 aliphatic heterocycles. The number of anilines is 1. The van der Waals surface area contributed by atoms with Gasteiger partial charge in [0.15, 0.2) is 0 Å². The average molecular weight is 306 g/mol. The van der Waals surface area contributed by atoms with E-state index in [9.17, 15) is 9.90 Å². The number of rotatable bonds is 5. The van der Waals surface area contributed by atoms with E-state index < -0.39 is 5.97 Å². The normalized spacial score (nSPS) is 10.2. The van der Waals surface area contributed by atoms with Gasteiger partial charge >= 0.3 is 5.97 Å². The Bertz CT molecular complexity index is 658. The quantitative estimate of drug-likeness (QED) is 0.915. The molecule has 0 atom stereocenters. The minimum Gasteiger partial charge on any atom is -0.496 e. The third kappa shape index (κ3) is 3.28. The van der Waals surface area contributed by atoms with E-state index in [4.69, 9.17) is 16.3 Å². The van der Waals surface area contributed by atoms with Crippen LogP contribution in [0.15, 0.2) is 42.5 Å². The van der Waals surface area contributed by atoms with Gasteiger partial charge in [0.05, 0.1) is 23.4 Å². The van der Waals surface area contributed by atoms with Gasteiger partial charge in [0, 0.05) is 19.2 Å². The van der Waals surface area contributed by atoms with Gasteiger partial charge in [-0.2, -0.15) is 0 Å². The van der Waals surface area contributed by atoms with Crippen molar-refractivity contribution in [1.82, 2.24) is 0 Å². The Labute approximate surface area is 128 Å². The zero-order valence-corrected chi connectivity index (χ0v) is 12.6. The van der Waals surface area contributed by atoms with Crippen LogP contribution in [0.4, 0.5) is 5.69 Å². The van der Waals surface area contributed by atoms with Gasteiger partial charge in [0.2, 0.25) is 0 Å². The van der Waals surface area contributed by atoms with Crippen LogP contribution in [0, 0.1) is 0 Å². The van der Waals surface area contributed by atoms with Gasteiger partial charge < -0.3 is 14.7 Å². The molecule has 110 valence electrons. The molecule has 1 N–H and O–H groups in total. The van der Waals surface area contributed by atoms with Crippen LogP contribution in [-0.4, -0.2) is 25.2 Å². The molecule has 4 nitrogen and oxygen atoms in total. The van der Waals surface area contributed by atoms with Crippen molar-refractivity contribution in [2.24, 2.45) is 0 Å². The van der Waals surface area contributed by atoms with Crippen molar-refractivity contribution in [1.29, 1.82) is 0 Å².